The Labute approximate surface area is 111 Å². The van der Waals surface area contributed by atoms with Crippen molar-refractivity contribution < 1.29 is 4.92 Å². The zero-order valence-electron chi connectivity index (χ0n) is 10.2. The zero-order chi connectivity index (χ0) is 13.1. The molecular weight excluding hydrogens is 254 g/mol. The summed E-state index contributed by atoms with van der Waals surface area (Å²) in [6, 6.07) is 5.05. The molecule has 0 aliphatic carbocycles. The number of anilines is 1. The largest absolute Gasteiger partial charge is 0.367 e. The maximum Gasteiger partial charge on any atom is 0.292 e. The third-order valence-electron chi connectivity index (χ3n) is 3.20. The molecule has 5 nitrogen and oxygen atoms in total. The van der Waals surface area contributed by atoms with Gasteiger partial charge in [0.2, 0.25) is 0 Å². The van der Waals surface area contributed by atoms with Crippen molar-refractivity contribution in [3.05, 3.63) is 33.3 Å². The highest BCUT2D eigenvalue weighted by atomic mass is 35.5. The van der Waals surface area contributed by atoms with E-state index in [1.165, 1.54) is 6.07 Å². The minimum atomic E-state index is -0.371. The summed E-state index contributed by atoms with van der Waals surface area (Å²) in [5.74, 6) is 0. The van der Waals surface area contributed by atoms with Crippen molar-refractivity contribution in [1.82, 2.24) is 5.32 Å². The fraction of sp³-hybridized carbons (Fsp3) is 0.500. The monoisotopic (exact) mass is 269 g/mol. The maximum absolute atomic E-state index is 11.0. The zero-order valence-corrected chi connectivity index (χ0v) is 11.0. The van der Waals surface area contributed by atoms with Crippen LogP contribution in [0.5, 0.6) is 0 Å². The van der Waals surface area contributed by atoms with E-state index in [0.29, 0.717) is 16.8 Å². The van der Waals surface area contributed by atoms with Gasteiger partial charge in [-0.25, -0.2) is 0 Å². The number of hydrogen-bond donors (Lipinski definition) is 1. The number of rotatable bonds is 4. The lowest BCUT2D eigenvalue weighted by Gasteiger charge is -2.23. The second-order valence-electron chi connectivity index (χ2n) is 4.56. The van der Waals surface area contributed by atoms with Crippen molar-refractivity contribution in [2.75, 3.05) is 25.0 Å². The number of nitro benzene ring substituents is 1. The molecule has 0 spiro atoms. The maximum atomic E-state index is 11.0. The van der Waals surface area contributed by atoms with Gasteiger partial charge in [0.15, 0.2) is 0 Å². The van der Waals surface area contributed by atoms with Gasteiger partial charge in [-0.2, -0.15) is 0 Å². The second kappa shape index (κ2) is 5.54. The Balaban J connectivity index is 2.19. The van der Waals surface area contributed by atoms with Crippen LogP contribution in [-0.4, -0.2) is 31.1 Å². The van der Waals surface area contributed by atoms with Gasteiger partial charge in [-0.15, -0.1) is 0 Å². The minimum Gasteiger partial charge on any atom is -0.367 e. The van der Waals surface area contributed by atoms with Crippen molar-refractivity contribution in [1.29, 1.82) is 0 Å². The van der Waals surface area contributed by atoms with Crippen LogP contribution in [0.2, 0.25) is 5.02 Å². The summed E-state index contributed by atoms with van der Waals surface area (Å²) in [4.78, 5) is 12.5. The standard InChI is InChI=1S/C12H16ClN3O2/c1-15(8-10-3-2-6-14-10)12-7-9(13)4-5-11(12)16(17)18/h4-5,7,10,14H,2-3,6,8H2,1H3. The van der Waals surface area contributed by atoms with Gasteiger partial charge in [-0.05, 0) is 31.5 Å². The highest BCUT2D eigenvalue weighted by Gasteiger charge is 2.21. The van der Waals surface area contributed by atoms with Crippen molar-refractivity contribution in [2.45, 2.75) is 18.9 Å². The van der Waals surface area contributed by atoms with Crippen LogP contribution in [0.1, 0.15) is 12.8 Å². The van der Waals surface area contributed by atoms with Crippen LogP contribution in [0.25, 0.3) is 0 Å². The van der Waals surface area contributed by atoms with Crippen molar-refractivity contribution >= 4 is 23.0 Å². The average molecular weight is 270 g/mol. The topological polar surface area (TPSA) is 58.4 Å². The van der Waals surface area contributed by atoms with Crippen LogP contribution >= 0.6 is 11.6 Å². The van der Waals surface area contributed by atoms with Gasteiger partial charge >= 0.3 is 0 Å². The molecule has 1 aromatic rings. The molecule has 6 heteroatoms. The molecule has 1 aliphatic heterocycles. The summed E-state index contributed by atoms with van der Waals surface area (Å²) in [6.45, 7) is 1.78. The molecule has 2 rings (SSSR count). The predicted molar refractivity (Wildman–Crippen MR) is 72.4 cm³/mol. The van der Waals surface area contributed by atoms with Crippen LogP contribution in [0.3, 0.4) is 0 Å². The first-order valence-electron chi connectivity index (χ1n) is 5.96. The molecule has 1 atom stereocenters. The molecule has 0 saturated carbocycles. The second-order valence-corrected chi connectivity index (χ2v) is 5.00. The molecule has 1 N–H and O–H groups in total. The number of nitrogens with zero attached hydrogens (tertiary/aromatic N) is 2. The molecule has 1 unspecified atom stereocenters. The average Bonchev–Trinajstić information content (AvgIpc) is 2.81. The van der Waals surface area contributed by atoms with Crippen LogP contribution in [0.15, 0.2) is 18.2 Å². The summed E-state index contributed by atoms with van der Waals surface area (Å²) in [5.41, 5.74) is 0.668. The summed E-state index contributed by atoms with van der Waals surface area (Å²) in [6.07, 6.45) is 2.27. The molecule has 1 heterocycles. The van der Waals surface area contributed by atoms with Crippen molar-refractivity contribution in [3.8, 4) is 0 Å². The summed E-state index contributed by atoms with van der Waals surface area (Å²) in [5, 5.41) is 14.9. The fourth-order valence-corrected chi connectivity index (χ4v) is 2.46. The molecule has 0 aromatic heterocycles. The Morgan fingerprint density at radius 1 is 1.61 bits per heavy atom. The van der Waals surface area contributed by atoms with Crippen LogP contribution < -0.4 is 10.2 Å². The van der Waals surface area contributed by atoms with Gasteiger partial charge in [0.1, 0.15) is 5.69 Å². The molecule has 1 aliphatic rings. The van der Waals surface area contributed by atoms with E-state index in [2.05, 4.69) is 5.32 Å². The molecule has 1 saturated heterocycles. The first-order chi connectivity index (χ1) is 8.58. The number of hydrogen-bond acceptors (Lipinski definition) is 4. The highest BCUT2D eigenvalue weighted by molar-refractivity contribution is 6.31. The molecule has 1 aromatic carbocycles. The van der Waals surface area contributed by atoms with E-state index in [4.69, 9.17) is 11.6 Å². The molecule has 0 amide bonds. The molecule has 0 bridgehead atoms. The third kappa shape index (κ3) is 2.91. The summed E-state index contributed by atoms with van der Waals surface area (Å²) < 4.78 is 0. The van der Waals surface area contributed by atoms with E-state index < -0.39 is 0 Å². The third-order valence-corrected chi connectivity index (χ3v) is 3.44. The highest BCUT2D eigenvalue weighted by Crippen LogP contribution is 2.30. The lowest BCUT2D eigenvalue weighted by molar-refractivity contribution is -0.384. The van der Waals surface area contributed by atoms with Gasteiger partial charge in [-0.3, -0.25) is 10.1 Å². The van der Waals surface area contributed by atoms with Crippen LogP contribution in [0.4, 0.5) is 11.4 Å². The Morgan fingerprint density at radius 2 is 2.39 bits per heavy atom. The van der Waals surface area contributed by atoms with E-state index in [0.717, 1.165) is 25.9 Å². The predicted octanol–water partition coefficient (Wildman–Crippen LogP) is 2.44. The van der Waals surface area contributed by atoms with Gasteiger partial charge in [0.05, 0.1) is 4.92 Å². The number of nitro groups is 1. The molecule has 1 fully saturated rings. The van der Waals surface area contributed by atoms with Crippen molar-refractivity contribution in [2.24, 2.45) is 0 Å². The smallest absolute Gasteiger partial charge is 0.292 e. The minimum absolute atomic E-state index is 0.0971. The fourth-order valence-electron chi connectivity index (χ4n) is 2.30. The first kappa shape index (κ1) is 13.1. The molecule has 18 heavy (non-hydrogen) atoms. The van der Waals surface area contributed by atoms with E-state index in [1.54, 1.807) is 12.1 Å². The van der Waals surface area contributed by atoms with Crippen LogP contribution in [0, 0.1) is 10.1 Å². The number of benzene rings is 1. The first-order valence-corrected chi connectivity index (χ1v) is 6.34. The molecular formula is C12H16ClN3O2. The lowest BCUT2D eigenvalue weighted by Crippen LogP contribution is -2.35. The van der Waals surface area contributed by atoms with E-state index in [-0.39, 0.29) is 10.6 Å². The van der Waals surface area contributed by atoms with Gasteiger partial charge in [-0.1, -0.05) is 11.6 Å². The Kier molecular flexibility index (Phi) is 4.04. The normalized spacial score (nSPS) is 18.9. The Hall–Kier alpha value is -1.33. The molecule has 98 valence electrons. The van der Waals surface area contributed by atoms with Crippen molar-refractivity contribution in [3.63, 3.8) is 0 Å². The summed E-state index contributed by atoms with van der Waals surface area (Å²) in [7, 11) is 1.86. The number of likely N-dealkylation sites (N-methyl/N-ethyl adjacent to an activating group) is 1. The van der Waals surface area contributed by atoms with E-state index >= 15 is 0 Å². The lowest BCUT2D eigenvalue weighted by atomic mass is 10.2. The quantitative estimate of drug-likeness (QED) is 0.674. The van der Waals surface area contributed by atoms with Crippen LogP contribution in [-0.2, 0) is 0 Å². The number of nitrogens with one attached hydrogen (secondary N) is 1. The van der Waals surface area contributed by atoms with Gasteiger partial charge < -0.3 is 10.2 Å². The molecule has 0 radical (unpaired) electrons. The SMILES string of the molecule is CN(CC1CCCN1)c1cc(Cl)ccc1[N+](=O)[O-]. The van der Waals surface area contributed by atoms with Gasteiger partial charge in [0, 0.05) is 30.7 Å². The van der Waals surface area contributed by atoms with E-state index in [1.807, 2.05) is 11.9 Å². The Bertz CT molecular complexity index is 447. The Morgan fingerprint density at radius 3 is 3.00 bits per heavy atom. The van der Waals surface area contributed by atoms with Gasteiger partial charge in [0.25, 0.3) is 5.69 Å². The summed E-state index contributed by atoms with van der Waals surface area (Å²) >= 11 is 5.92. The number of halogens is 1. The van der Waals surface area contributed by atoms with E-state index in [9.17, 15) is 10.1 Å².